The molecule has 1 N–H and O–H groups in total. The molecule has 0 bridgehead atoms. The van der Waals surface area contributed by atoms with E-state index in [1.54, 1.807) is 17.9 Å². The molecule has 1 aromatic rings. The number of rotatable bonds is 4. The summed E-state index contributed by atoms with van der Waals surface area (Å²) in [5.74, 6) is 0.367. The fourth-order valence-electron chi connectivity index (χ4n) is 3.61. The molecule has 0 saturated carbocycles. The Bertz CT molecular complexity index is 782. The van der Waals surface area contributed by atoms with Crippen molar-refractivity contribution in [3.63, 3.8) is 0 Å². The molecule has 2 fully saturated rings. The second-order valence-corrected chi connectivity index (χ2v) is 8.92. The second-order valence-electron chi connectivity index (χ2n) is 6.94. The van der Waals surface area contributed by atoms with E-state index >= 15 is 0 Å². The summed E-state index contributed by atoms with van der Waals surface area (Å²) >= 11 is 0. The largest absolute Gasteiger partial charge is 0.360 e. The number of sulfonamides is 1. The Balaban J connectivity index is 1.61. The van der Waals surface area contributed by atoms with Gasteiger partial charge in [-0.1, -0.05) is 5.16 Å². The molecule has 2 aliphatic heterocycles. The van der Waals surface area contributed by atoms with Crippen LogP contribution < -0.4 is 5.32 Å². The summed E-state index contributed by atoms with van der Waals surface area (Å²) in [6, 6.07) is 1.10. The van der Waals surface area contributed by atoms with Crippen molar-refractivity contribution in [3.8, 4) is 0 Å². The van der Waals surface area contributed by atoms with Gasteiger partial charge >= 0.3 is 0 Å². The highest BCUT2D eigenvalue weighted by atomic mass is 32.2. The molecular weight excluding hydrogens is 360 g/mol. The molecule has 144 valence electrons. The molecule has 0 unspecified atom stereocenters. The first-order chi connectivity index (χ1) is 12.3. The summed E-state index contributed by atoms with van der Waals surface area (Å²) in [4.78, 5) is 27.0. The van der Waals surface area contributed by atoms with E-state index in [2.05, 4.69) is 10.5 Å². The molecule has 0 aliphatic carbocycles. The van der Waals surface area contributed by atoms with Gasteiger partial charge in [-0.2, -0.15) is 0 Å². The Morgan fingerprint density at radius 2 is 1.92 bits per heavy atom. The molecule has 1 aromatic heterocycles. The van der Waals surface area contributed by atoms with Gasteiger partial charge in [0.25, 0.3) is 0 Å². The standard InChI is InChI=1S/C16H24N4O5S/c1-11-10-14(18-25-11)17-15(21)13-4-3-7-20(13)16(22)12-5-8-19(9-6-12)26(2,23)24/h10,12-13H,3-9H2,1-2H3,(H,17,18,21)/t13-/m0/s1. The molecule has 9 nitrogen and oxygen atoms in total. The Labute approximate surface area is 152 Å². The fourth-order valence-corrected chi connectivity index (χ4v) is 4.48. The molecule has 0 spiro atoms. The molecule has 3 heterocycles. The molecular formula is C16H24N4O5S. The van der Waals surface area contributed by atoms with Crippen molar-refractivity contribution >= 4 is 27.7 Å². The summed E-state index contributed by atoms with van der Waals surface area (Å²) < 4.78 is 29.5. The smallest absolute Gasteiger partial charge is 0.248 e. The molecule has 3 rings (SSSR count). The minimum atomic E-state index is -3.22. The van der Waals surface area contributed by atoms with Gasteiger partial charge < -0.3 is 14.7 Å². The predicted molar refractivity (Wildman–Crippen MR) is 93.7 cm³/mol. The molecule has 2 aliphatic rings. The van der Waals surface area contributed by atoms with Gasteiger partial charge in [-0.05, 0) is 32.6 Å². The Hall–Kier alpha value is -1.94. The molecule has 0 radical (unpaired) electrons. The summed E-state index contributed by atoms with van der Waals surface area (Å²) in [7, 11) is -3.22. The number of anilines is 1. The maximum Gasteiger partial charge on any atom is 0.248 e. The quantitative estimate of drug-likeness (QED) is 0.813. The van der Waals surface area contributed by atoms with Crippen LogP contribution in [0.3, 0.4) is 0 Å². The van der Waals surface area contributed by atoms with Gasteiger partial charge in [0.1, 0.15) is 11.8 Å². The van der Waals surface area contributed by atoms with Gasteiger partial charge in [-0.15, -0.1) is 0 Å². The van der Waals surface area contributed by atoms with E-state index in [0.29, 0.717) is 50.5 Å². The van der Waals surface area contributed by atoms with Crippen molar-refractivity contribution in [2.45, 2.75) is 38.6 Å². The van der Waals surface area contributed by atoms with Crippen molar-refractivity contribution < 1.29 is 22.5 Å². The number of likely N-dealkylation sites (tertiary alicyclic amines) is 1. The summed E-state index contributed by atoms with van der Waals surface area (Å²) in [5, 5.41) is 6.44. The fraction of sp³-hybridized carbons (Fsp3) is 0.688. The van der Waals surface area contributed by atoms with Gasteiger partial charge in [0.15, 0.2) is 5.82 Å². The predicted octanol–water partition coefficient (Wildman–Crippen LogP) is 0.584. The summed E-state index contributed by atoms with van der Waals surface area (Å²) in [6.07, 6.45) is 3.53. The normalized spacial score (nSPS) is 22.5. The van der Waals surface area contributed by atoms with E-state index in [1.807, 2.05) is 0 Å². The van der Waals surface area contributed by atoms with Gasteiger partial charge in [0.05, 0.1) is 6.26 Å². The molecule has 1 atom stereocenters. The van der Waals surface area contributed by atoms with Crippen molar-refractivity contribution in [1.29, 1.82) is 0 Å². The third kappa shape index (κ3) is 4.07. The van der Waals surface area contributed by atoms with Crippen LogP contribution in [0.25, 0.3) is 0 Å². The maximum atomic E-state index is 12.9. The second kappa shape index (κ2) is 7.36. The highest BCUT2D eigenvalue weighted by molar-refractivity contribution is 7.88. The number of hydrogen-bond acceptors (Lipinski definition) is 6. The van der Waals surface area contributed by atoms with Crippen LogP contribution in [-0.2, 0) is 19.6 Å². The third-order valence-corrected chi connectivity index (χ3v) is 6.29. The number of piperidine rings is 1. The Morgan fingerprint density at radius 3 is 2.50 bits per heavy atom. The number of aryl methyl sites for hydroxylation is 1. The number of aromatic nitrogens is 1. The number of carbonyl (C=O) groups is 2. The molecule has 2 amide bonds. The molecule has 0 aromatic carbocycles. The van der Waals surface area contributed by atoms with Gasteiger partial charge in [-0.3, -0.25) is 9.59 Å². The first-order valence-corrected chi connectivity index (χ1v) is 10.6. The summed E-state index contributed by atoms with van der Waals surface area (Å²) in [6.45, 7) is 2.97. The number of amides is 2. The van der Waals surface area contributed by atoms with Crippen LogP contribution >= 0.6 is 0 Å². The monoisotopic (exact) mass is 384 g/mol. The minimum Gasteiger partial charge on any atom is -0.360 e. The zero-order valence-electron chi connectivity index (χ0n) is 15.0. The van der Waals surface area contributed by atoms with Crippen LogP contribution in [0.5, 0.6) is 0 Å². The number of nitrogens with one attached hydrogen (secondary N) is 1. The zero-order valence-corrected chi connectivity index (χ0v) is 15.8. The molecule has 10 heteroatoms. The van der Waals surface area contributed by atoms with Crippen LogP contribution in [0.2, 0.25) is 0 Å². The highest BCUT2D eigenvalue weighted by Gasteiger charge is 2.39. The average molecular weight is 384 g/mol. The van der Waals surface area contributed by atoms with E-state index in [4.69, 9.17) is 4.52 Å². The zero-order chi connectivity index (χ0) is 18.9. The van der Waals surface area contributed by atoms with Crippen molar-refractivity contribution in [3.05, 3.63) is 11.8 Å². The van der Waals surface area contributed by atoms with E-state index < -0.39 is 16.1 Å². The van der Waals surface area contributed by atoms with Crippen molar-refractivity contribution in [2.75, 3.05) is 31.2 Å². The lowest BCUT2D eigenvalue weighted by Gasteiger charge is -2.33. The summed E-state index contributed by atoms with van der Waals surface area (Å²) in [5.41, 5.74) is 0. The van der Waals surface area contributed by atoms with Crippen molar-refractivity contribution in [2.24, 2.45) is 5.92 Å². The number of carbonyl (C=O) groups excluding carboxylic acids is 2. The van der Waals surface area contributed by atoms with Gasteiger partial charge in [0, 0.05) is 31.6 Å². The number of nitrogens with zero attached hydrogens (tertiary/aromatic N) is 3. The number of hydrogen-bond donors (Lipinski definition) is 1. The van der Waals surface area contributed by atoms with Crippen LogP contribution in [0.15, 0.2) is 10.6 Å². The minimum absolute atomic E-state index is 0.0628. The Kier molecular flexibility index (Phi) is 5.33. The lowest BCUT2D eigenvalue weighted by Crippen LogP contribution is -2.48. The van der Waals surface area contributed by atoms with Crippen LogP contribution in [0, 0.1) is 12.8 Å². The SMILES string of the molecule is Cc1cc(NC(=O)[C@@H]2CCCN2C(=O)C2CCN(S(C)(=O)=O)CC2)no1. The van der Waals surface area contributed by atoms with E-state index in [0.717, 1.165) is 6.42 Å². The lowest BCUT2D eigenvalue weighted by atomic mass is 9.96. The topological polar surface area (TPSA) is 113 Å². The van der Waals surface area contributed by atoms with E-state index in [-0.39, 0.29) is 17.7 Å². The van der Waals surface area contributed by atoms with Gasteiger partial charge in [-0.25, -0.2) is 12.7 Å². The van der Waals surface area contributed by atoms with Crippen molar-refractivity contribution in [1.82, 2.24) is 14.4 Å². The molecule has 2 saturated heterocycles. The third-order valence-electron chi connectivity index (χ3n) is 4.99. The molecule has 26 heavy (non-hydrogen) atoms. The maximum absolute atomic E-state index is 12.9. The average Bonchev–Trinajstić information content (AvgIpc) is 3.22. The van der Waals surface area contributed by atoms with Crippen LogP contribution in [0.1, 0.15) is 31.4 Å². The Morgan fingerprint density at radius 1 is 1.23 bits per heavy atom. The van der Waals surface area contributed by atoms with E-state index in [9.17, 15) is 18.0 Å². The lowest BCUT2D eigenvalue weighted by molar-refractivity contribution is -0.141. The van der Waals surface area contributed by atoms with Crippen LogP contribution in [-0.4, -0.2) is 66.5 Å². The van der Waals surface area contributed by atoms with E-state index in [1.165, 1.54) is 10.6 Å². The van der Waals surface area contributed by atoms with Crippen LogP contribution in [0.4, 0.5) is 5.82 Å². The van der Waals surface area contributed by atoms with Gasteiger partial charge in [0.2, 0.25) is 21.8 Å². The highest BCUT2D eigenvalue weighted by Crippen LogP contribution is 2.26. The first kappa shape index (κ1) is 18.8. The first-order valence-electron chi connectivity index (χ1n) is 8.75.